The van der Waals surface area contributed by atoms with Crippen LogP contribution in [0.25, 0.3) is 0 Å². The van der Waals surface area contributed by atoms with Crippen LogP contribution in [0.2, 0.25) is 0 Å². The van der Waals surface area contributed by atoms with Gasteiger partial charge in [-0.3, -0.25) is 9.69 Å². The molecule has 0 bridgehead atoms. The van der Waals surface area contributed by atoms with Crippen molar-refractivity contribution in [2.45, 2.75) is 26.3 Å². The summed E-state index contributed by atoms with van der Waals surface area (Å²) in [6.45, 7) is 11.4. The molecule has 0 aromatic carbocycles. The van der Waals surface area contributed by atoms with E-state index in [0.717, 1.165) is 13.1 Å². The number of hydrogen-bond donors (Lipinski definition) is 1. The maximum atomic E-state index is 11.6. The van der Waals surface area contributed by atoms with E-state index in [0.29, 0.717) is 6.54 Å². The number of rotatable bonds is 6. The fourth-order valence-electron chi connectivity index (χ4n) is 1.53. The van der Waals surface area contributed by atoms with Gasteiger partial charge in [0.05, 0.1) is 5.54 Å². The van der Waals surface area contributed by atoms with E-state index >= 15 is 0 Å². The Hall–Kier alpha value is -0.670. The normalized spacial score (nSPS) is 15.5. The number of nitrogens with zero attached hydrogens (tertiary/aromatic N) is 1. The van der Waals surface area contributed by atoms with Gasteiger partial charge in [0, 0.05) is 6.54 Å². The molecule has 76 valence electrons. The zero-order chi connectivity index (χ0) is 10.5. The van der Waals surface area contributed by atoms with Crippen molar-refractivity contribution >= 4 is 5.78 Å². The number of likely N-dealkylation sites (N-methyl/N-ethyl adjacent to an activating group) is 1. The van der Waals surface area contributed by atoms with Crippen molar-refractivity contribution in [3.8, 4) is 0 Å². The Morgan fingerprint density at radius 2 is 2.00 bits per heavy atom. The smallest absolute Gasteiger partial charge is 0.176 e. The third-order valence-electron chi connectivity index (χ3n) is 2.58. The largest absolute Gasteiger partial charge is 0.328 e. The lowest BCUT2D eigenvalue weighted by Gasteiger charge is -2.37. The zero-order valence-electron chi connectivity index (χ0n) is 8.84. The number of nitrogens with two attached hydrogens (primary N) is 1. The highest BCUT2D eigenvalue weighted by Crippen LogP contribution is 2.14. The first-order valence-corrected chi connectivity index (χ1v) is 4.68. The Morgan fingerprint density at radius 1 is 1.54 bits per heavy atom. The van der Waals surface area contributed by atoms with Crippen LogP contribution in [-0.2, 0) is 4.79 Å². The lowest BCUT2D eigenvalue weighted by atomic mass is 9.94. The van der Waals surface area contributed by atoms with Crippen LogP contribution in [0.1, 0.15) is 20.8 Å². The Morgan fingerprint density at radius 3 is 2.23 bits per heavy atom. The molecule has 0 heterocycles. The predicted molar refractivity (Wildman–Crippen MR) is 55.6 cm³/mol. The van der Waals surface area contributed by atoms with Crippen LogP contribution in [0.15, 0.2) is 12.7 Å². The molecule has 0 radical (unpaired) electrons. The molecular weight excluding hydrogens is 164 g/mol. The van der Waals surface area contributed by atoms with E-state index in [1.807, 2.05) is 20.8 Å². The van der Waals surface area contributed by atoms with Crippen molar-refractivity contribution in [3.05, 3.63) is 12.7 Å². The highest BCUT2D eigenvalue weighted by atomic mass is 16.1. The van der Waals surface area contributed by atoms with Gasteiger partial charge in [-0.15, -0.1) is 0 Å². The van der Waals surface area contributed by atoms with Crippen molar-refractivity contribution in [2.24, 2.45) is 5.73 Å². The monoisotopic (exact) mass is 184 g/mol. The van der Waals surface area contributed by atoms with Gasteiger partial charge in [-0.1, -0.05) is 20.4 Å². The summed E-state index contributed by atoms with van der Waals surface area (Å²) in [5.41, 5.74) is 5.05. The first-order chi connectivity index (χ1) is 6.06. The van der Waals surface area contributed by atoms with Gasteiger partial charge < -0.3 is 5.73 Å². The van der Waals surface area contributed by atoms with E-state index in [1.54, 1.807) is 0 Å². The average Bonchev–Trinajstić information content (AvgIpc) is 2.17. The number of carbonyl (C=O) groups is 1. The molecule has 3 nitrogen and oxygen atoms in total. The van der Waals surface area contributed by atoms with Crippen LogP contribution in [-0.4, -0.2) is 35.9 Å². The summed E-state index contributed by atoms with van der Waals surface area (Å²) in [6, 6.07) is 0. The van der Waals surface area contributed by atoms with Crippen molar-refractivity contribution in [2.75, 3.05) is 19.6 Å². The lowest BCUT2D eigenvalue weighted by molar-refractivity contribution is -0.124. The van der Waals surface area contributed by atoms with Crippen molar-refractivity contribution in [1.29, 1.82) is 0 Å². The lowest BCUT2D eigenvalue weighted by Crippen LogP contribution is -2.56. The molecule has 0 fully saturated rings. The molecule has 0 amide bonds. The molecule has 2 N–H and O–H groups in total. The summed E-state index contributed by atoms with van der Waals surface area (Å²) in [6.07, 6.45) is 1.35. The molecule has 1 atom stereocenters. The molecule has 0 aliphatic carbocycles. The van der Waals surface area contributed by atoms with Crippen LogP contribution in [0, 0.1) is 0 Å². The van der Waals surface area contributed by atoms with E-state index in [9.17, 15) is 4.79 Å². The van der Waals surface area contributed by atoms with Crippen LogP contribution >= 0.6 is 0 Å². The number of hydrogen-bond acceptors (Lipinski definition) is 3. The first-order valence-electron chi connectivity index (χ1n) is 4.68. The highest BCUT2D eigenvalue weighted by Gasteiger charge is 2.34. The minimum absolute atomic E-state index is 0.00120. The minimum Gasteiger partial charge on any atom is -0.328 e. The number of carbonyl (C=O) groups excluding carboxylic acids is 1. The second-order valence-corrected chi connectivity index (χ2v) is 3.22. The molecule has 0 spiro atoms. The zero-order valence-corrected chi connectivity index (χ0v) is 8.84. The van der Waals surface area contributed by atoms with Crippen LogP contribution < -0.4 is 5.73 Å². The van der Waals surface area contributed by atoms with Gasteiger partial charge in [-0.25, -0.2) is 0 Å². The Kier molecular flexibility index (Phi) is 4.88. The van der Waals surface area contributed by atoms with Crippen molar-refractivity contribution in [1.82, 2.24) is 4.90 Å². The summed E-state index contributed by atoms with van der Waals surface area (Å²) in [5, 5.41) is 0. The quantitative estimate of drug-likeness (QED) is 0.621. The Labute approximate surface area is 80.6 Å². The molecule has 0 rings (SSSR count). The Bertz CT molecular complexity index is 187. The molecule has 0 aliphatic rings. The molecule has 13 heavy (non-hydrogen) atoms. The van der Waals surface area contributed by atoms with Gasteiger partial charge in [-0.2, -0.15) is 0 Å². The molecular formula is C10H20N2O. The Balaban J connectivity index is 4.78. The maximum Gasteiger partial charge on any atom is 0.176 e. The third-order valence-corrected chi connectivity index (χ3v) is 2.58. The topological polar surface area (TPSA) is 46.3 Å². The summed E-state index contributed by atoms with van der Waals surface area (Å²) in [4.78, 5) is 13.6. The van der Waals surface area contributed by atoms with Crippen molar-refractivity contribution in [3.63, 3.8) is 0 Å². The first kappa shape index (κ1) is 12.3. The van der Waals surface area contributed by atoms with Gasteiger partial charge >= 0.3 is 0 Å². The fraction of sp³-hybridized carbons (Fsp3) is 0.700. The van der Waals surface area contributed by atoms with Crippen LogP contribution in [0.4, 0.5) is 0 Å². The summed E-state index contributed by atoms with van der Waals surface area (Å²) in [7, 11) is 0. The van der Waals surface area contributed by atoms with Gasteiger partial charge in [0.1, 0.15) is 0 Å². The van der Waals surface area contributed by atoms with Crippen LogP contribution in [0.5, 0.6) is 0 Å². The molecule has 0 saturated heterocycles. The molecule has 3 heteroatoms. The molecule has 0 aromatic heterocycles. The van der Waals surface area contributed by atoms with Crippen LogP contribution in [0.3, 0.4) is 0 Å². The van der Waals surface area contributed by atoms with Gasteiger partial charge in [0.15, 0.2) is 5.78 Å². The standard InChI is InChI=1S/C10H20N2O/c1-5-9(13)10(4,8-11)12(6-2)7-3/h5H,1,6-8,11H2,2-4H3. The van der Waals surface area contributed by atoms with E-state index in [4.69, 9.17) is 5.73 Å². The van der Waals surface area contributed by atoms with Crippen molar-refractivity contribution < 1.29 is 4.79 Å². The summed E-state index contributed by atoms with van der Waals surface area (Å²) < 4.78 is 0. The fourth-order valence-corrected chi connectivity index (χ4v) is 1.53. The molecule has 0 aromatic rings. The van der Waals surface area contributed by atoms with Gasteiger partial charge in [0.25, 0.3) is 0 Å². The second-order valence-electron chi connectivity index (χ2n) is 3.22. The second kappa shape index (κ2) is 5.14. The van der Waals surface area contributed by atoms with E-state index in [-0.39, 0.29) is 5.78 Å². The third kappa shape index (κ3) is 2.39. The maximum absolute atomic E-state index is 11.6. The predicted octanol–water partition coefficient (Wildman–Crippen LogP) is 0.801. The number of ketones is 1. The highest BCUT2D eigenvalue weighted by molar-refractivity contribution is 5.97. The van der Waals surface area contributed by atoms with E-state index < -0.39 is 5.54 Å². The van der Waals surface area contributed by atoms with Gasteiger partial charge in [-0.05, 0) is 26.1 Å². The minimum atomic E-state index is -0.578. The van der Waals surface area contributed by atoms with E-state index in [2.05, 4.69) is 11.5 Å². The average molecular weight is 184 g/mol. The summed E-state index contributed by atoms with van der Waals surface area (Å²) >= 11 is 0. The van der Waals surface area contributed by atoms with Gasteiger partial charge in [0.2, 0.25) is 0 Å². The summed E-state index contributed by atoms with van der Waals surface area (Å²) in [5.74, 6) is -0.00120. The molecule has 0 saturated carbocycles. The molecule has 0 aliphatic heterocycles. The molecule has 1 unspecified atom stereocenters. The SMILES string of the molecule is C=CC(=O)C(C)(CN)N(CC)CC. The van der Waals surface area contributed by atoms with E-state index in [1.165, 1.54) is 6.08 Å².